The summed E-state index contributed by atoms with van der Waals surface area (Å²) in [5.74, 6) is 0.563. The zero-order valence-electron chi connectivity index (χ0n) is 14.2. The summed E-state index contributed by atoms with van der Waals surface area (Å²) in [5.41, 5.74) is 2.09. The van der Waals surface area contributed by atoms with E-state index in [0.29, 0.717) is 17.0 Å². The van der Waals surface area contributed by atoms with E-state index in [1.165, 1.54) is 23.7 Å². The molecule has 0 saturated carbocycles. The number of amides is 1. The van der Waals surface area contributed by atoms with Crippen molar-refractivity contribution >= 4 is 17.7 Å². The fraction of sp³-hybridized carbons (Fsp3) is 0.529. The SMILES string of the molecule is CCC1CCCCN1C(=O)CSc1nnnn1-c1ccc(C)cc1. The van der Waals surface area contributed by atoms with Crippen molar-refractivity contribution in [1.82, 2.24) is 25.1 Å². The van der Waals surface area contributed by atoms with Gasteiger partial charge in [0.05, 0.1) is 11.4 Å². The highest BCUT2D eigenvalue weighted by atomic mass is 32.2. The van der Waals surface area contributed by atoms with Crippen LogP contribution in [0.5, 0.6) is 0 Å². The Labute approximate surface area is 146 Å². The van der Waals surface area contributed by atoms with E-state index in [-0.39, 0.29) is 5.91 Å². The number of hydrogen-bond acceptors (Lipinski definition) is 5. The predicted octanol–water partition coefficient (Wildman–Crippen LogP) is 2.85. The Morgan fingerprint density at radius 3 is 2.83 bits per heavy atom. The Hall–Kier alpha value is -1.89. The number of rotatable bonds is 5. The molecule has 6 nitrogen and oxygen atoms in total. The molecule has 3 rings (SSSR count). The summed E-state index contributed by atoms with van der Waals surface area (Å²) in [7, 11) is 0. The molecule has 0 spiro atoms. The molecule has 0 radical (unpaired) electrons. The second kappa shape index (κ2) is 7.79. The van der Waals surface area contributed by atoms with Gasteiger partial charge in [-0.1, -0.05) is 36.4 Å². The van der Waals surface area contributed by atoms with Crippen LogP contribution in [0.25, 0.3) is 5.69 Å². The summed E-state index contributed by atoms with van der Waals surface area (Å²) in [5, 5.41) is 12.5. The lowest BCUT2D eigenvalue weighted by molar-refractivity contribution is -0.132. The maximum Gasteiger partial charge on any atom is 0.233 e. The largest absolute Gasteiger partial charge is 0.339 e. The van der Waals surface area contributed by atoms with Crippen LogP contribution in [0.4, 0.5) is 0 Å². The number of thioether (sulfide) groups is 1. The van der Waals surface area contributed by atoms with Gasteiger partial charge in [-0.25, -0.2) is 0 Å². The van der Waals surface area contributed by atoms with Crippen LogP contribution in [-0.2, 0) is 4.79 Å². The average molecular weight is 345 g/mol. The summed E-state index contributed by atoms with van der Waals surface area (Å²) in [6, 6.07) is 8.40. The molecule has 24 heavy (non-hydrogen) atoms. The molecule has 1 amide bonds. The molecule has 1 saturated heterocycles. The number of aromatic nitrogens is 4. The molecule has 0 bridgehead atoms. The molecule has 1 aliphatic rings. The van der Waals surface area contributed by atoms with E-state index in [4.69, 9.17) is 0 Å². The van der Waals surface area contributed by atoms with E-state index in [9.17, 15) is 4.79 Å². The highest BCUT2D eigenvalue weighted by Crippen LogP contribution is 2.23. The van der Waals surface area contributed by atoms with Gasteiger partial charge >= 0.3 is 0 Å². The molecule has 1 aromatic carbocycles. The molecule has 7 heteroatoms. The Morgan fingerprint density at radius 2 is 2.08 bits per heavy atom. The highest BCUT2D eigenvalue weighted by Gasteiger charge is 2.25. The van der Waals surface area contributed by atoms with E-state index < -0.39 is 0 Å². The Balaban J connectivity index is 1.66. The number of aryl methyl sites for hydroxylation is 1. The smallest absolute Gasteiger partial charge is 0.233 e. The third-order valence-electron chi connectivity index (χ3n) is 4.46. The van der Waals surface area contributed by atoms with Crippen molar-refractivity contribution in [2.24, 2.45) is 0 Å². The lowest BCUT2D eigenvalue weighted by Gasteiger charge is -2.35. The molecule has 0 aliphatic carbocycles. The molecule has 128 valence electrons. The zero-order chi connectivity index (χ0) is 16.9. The van der Waals surface area contributed by atoms with Gasteiger partial charge in [-0.15, -0.1) is 5.10 Å². The average Bonchev–Trinajstić information content (AvgIpc) is 3.08. The maximum atomic E-state index is 12.6. The van der Waals surface area contributed by atoms with Gasteiger partial charge in [0.15, 0.2) is 0 Å². The maximum absolute atomic E-state index is 12.6. The first kappa shape index (κ1) is 17.0. The molecular formula is C17H23N5OS. The quantitative estimate of drug-likeness (QED) is 0.780. The second-order valence-corrected chi connectivity index (χ2v) is 7.08. The van der Waals surface area contributed by atoms with Gasteiger partial charge in [-0.2, -0.15) is 4.68 Å². The van der Waals surface area contributed by atoms with E-state index in [0.717, 1.165) is 31.5 Å². The van der Waals surface area contributed by atoms with Gasteiger partial charge in [0.25, 0.3) is 0 Å². The Morgan fingerprint density at radius 1 is 1.29 bits per heavy atom. The molecule has 1 aliphatic heterocycles. The molecule has 2 heterocycles. The van der Waals surface area contributed by atoms with Crippen LogP contribution in [0.15, 0.2) is 29.4 Å². The second-order valence-electron chi connectivity index (χ2n) is 6.14. The molecule has 2 aromatic rings. The minimum absolute atomic E-state index is 0.185. The van der Waals surface area contributed by atoms with Gasteiger partial charge in [-0.05, 0) is 55.2 Å². The lowest BCUT2D eigenvalue weighted by Crippen LogP contribution is -2.44. The number of hydrogen-bond donors (Lipinski definition) is 0. The summed E-state index contributed by atoms with van der Waals surface area (Å²) in [4.78, 5) is 14.6. The van der Waals surface area contributed by atoms with E-state index >= 15 is 0 Å². The third kappa shape index (κ3) is 3.77. The number of likely N-dealkylation sites (tertiary alicyclic amines) is 1. The lowest BCUT2D eigenvalue weighted by atomic mass is 10.0. The molecule has 1 unspecified atom stereocenters. The van der Waals surface area contributed by atoms with Crippen LogP contribution in [0, 0.1) is 6.92 Å². The molecule has 1 aromatic heterocycles. The van der Waals surface area contributed by atoms with Gasteiger partial charge in [0.1, 0.15) is 0 Å². The van der Waals surface area contributed by atoms with E-state index in [2.05, 4.69) is 22.4 Å². The van der Waals surface area contributed by atoms with E-state index in [1.807, 2.05) is 36.1 Å². The van der Waals surface area contributed by atoms with Crippen molar-refractivity contribution < 1.29 is 4.79 Å². The van der Waals surface area contributed by atoms with Crippen LogP contribution in [-0.4, -0.2) is 49.4 Å². The van der Waals surface area contributed by atoms with E-state index in [1.54, 1.807) is 4.68 Å². The number of carbonyl (C=O) groups excluding carboxylic acids is 1. The van der Waals surface area contributed by atoms with Crippen LogP contribution in [0.2, 0.25) is 0 Å². The number of tetrazole rings is 1. The third-order valence-corrected chi connectivity index (χ3v) is 5.37. The minimum Gasteiger partial charge on any atom is -0.339 e. The van der Waals surface area contributed by atoms with Gasteiger partial charge < -0.3 is 4.90 Å². The van der Waals surface area contributed by atoms with Crippen LogP contribution in [0.1, 0.15) is 38.2 Å². The van der Waals surface area contributed by atoms with Gasteiger partial charge in [0.2, 0.25) is 11.1 Å². The minimum atomic E-state index is 0.185. The highest BCUT2D eigenvalue weighted by molar-refractivity contribution is 7.99. The molecule has 1 atom stereocenters. The van der Waals surface area contributed by atoms with Crippen LogP contribution in [0.3, 0.4) is 0 Å². The Bertz CT molecular complexity index is 685. The number of piperidine rings is 1. The van der Waals surface area contributed by atoms with Gasteiger partial charge in [0, 0.05) is 12.6 Å². The number of nitrogens with zero attached hydrogens (tertiary/aromatic N) is 5. The summed E-state index contributed by atoms with van der Waals surface area (Å²) in [6.45, 7) is 5.07. The fourth-order valence-electron chi connectivity index (χ4n) is 3.08. The first-order valence-electron chi connectivity index (χ1n) is 8.46. The zero-order valence-corrected chi connectivity index (χ0v) is 15.0. The normalized spacial score (nSPS) is 17.9. The van der Waals surface area contributed by atoms with Crippen molar-refractivity contribution in [3.05, 3.63) is 29.8 Å². The van der Waals surface area contributed by atoms with Crippen molar-refractivity contribution in [2.75, 3.05) is 12.3 Å². The number of carbonyl (C=O) groups is 1. The first-order chi connectivity index (χ1) is 11.7. The molecular weight excluding hydrogens is 322 g/mol. The predicted molar refractivity (Wildman–Crippen MR) is 94.3 cm³/mol. The fourth-order valence-corrected chi connectivity index (χ4v) is 3.86. The molecule has 1 fully saturated rings. The standard InChI is InChI=1S/C17H23N5OS/c1-3-14-6-4-5-11-21(14)16(23)12-24-17-18-19-20-22(17)15-9-7-13(2)8-10-15/h7-10,14H,3-6,11-12H2,1-2H3. The first-order valence-corrected chi connectivity index (χ1v) is 9.45. The van der Waals surface area contributed by atoms with Crippen molar-refractivity contribution in [1.29, 1.82) is 0 Å². The monoisotopic (exact) mass is 345 g/mol. The van der Waals surface area contributed by atoms with Crippen LogP contribution < -0.4 is 0 Å². The summed E-state index contributed by atoms with van der Waals surface area (Å²) >= 11 is 1.40. The summed E-state index contributed by atoms with van der Waals surface area (Å²) in [6.07, 6.45) is 4.47. The Kier molecular flexibility index (Phi) is 5.50. The van der Waals surface area contributed by atoms with Crippen molar-refractivity contribution in [3.8, 4) is 5.69 Å². The topological polar surface area (TPSA) is 63.9 Å². The van der Waals surface area contributed by atoms with Crippen molar-refractivity contribution in [3.63, 3.8) is 0 Å². The number of benzene rings is 1. The molecule has 0 N–H and O–H groups in total. The van der Waals surface area contributed by atoms with Crippen molar-refractivity contribution in [2.45, 2.75) is 50.7 Å². The van der Waals surface area contributed by atoms with Crippen LogP contribution >= 0.6 is 11.8 Å². The summed E-state index contributed by atoms with van der Waals surface area (Å²) < 4.78 is 1.69. The van der Waals surface area contributed by atoms with Gasteiger partial charge in [-0.3, -0.25) is 4.79 Å².